The monoisotopic (exact) mass is 520 g/mol. The first-order chi connectivity index (χ1) is 19.1. The summed E-state index contributed by atoms with van der Waals surface area (Å²) in [5.41, 5.74) is 7.25. The molecule has 0 unspecified atom stereocenters. The maximum absolute atomic E-state index is 6.26. The molecule has 0 spiro atoms. The van der Waals surface area contributed by atoms with Crippen molar-refractivity contribution < 1.29 is 18.6 Å². The second-order valence-corrected chi connectivity index (χ2v) is 9.78. The zero-order valence-corrected chi connectivity index (χ0v) is 23.1. The number of hydrogen-bond acceptors (Lipinski definition) is 4. The van der Waals surface area contributed by atoms with Crippen LogP contribution in [0.4, 0.5) is 0 Å². The summed E-state index contributed by atoms with van der Waals surface area (Å²) in [5.74, 6) is 2.56. The standard InChI is InChI=1S/C35H36O4/c1-5-26-21-29(24(3)4)34(38-23-25-13-8-7-9-14-25)22-33(26)37-20-12-19-36-30-17-18-32-35(27(30)6-2)28-15-10-11-16-31(28)39-32/h7-11,13-18,21-22H,3,5-6,12,19-20,23H2,1-2,4H3. The lowest BCUT2D eigenvalue weighted by Crippen LogP contribution is -2.08. The van der Waals surface area contributed by atoms with Crippen molar-refractivity contribution in [3.05, 3.63) is 108 Å². The van der Waals surface area contributed by atoms with Gasteiger partial charge >= 0.3 is 0 Å². The molecular weight excluding hydrogens is 484 g/mol. The highest BCUT2D eigenvalue weighted by atomic mass is 16.5. The van der Waals surface area contributed by atoms with Crippen LogP contribution in [0.5, 0.6) is 17.2 Å². The van der Waals surface area contributed by atoms with Crippen molar-refractivity contribution in [3.8, 4) is 17.2 Å². The molecule has 39 heavy (non-hydrogen) atoms. The summed E-state index contributed by atoms with van der Waals surface area (Å²) in [6.07, 6.45) is 2.50. The van der Waals surface area contributed by atoms with Gasteiger partial charge in [-0.15, -0.1) is 0 Å². The maximum atomic E-state index is 6.26. The van der Waals surface area contributed by atoms with Crippen LogP contribution in [-0.4, -0.2) is 13.2 Å². The molecule has 0 N–H and O–H groups in total. The number of furan rings is 1. The largest absolute Gasteiger partial charge is 0.493 e. The topological polar surface area (TPSA) is 40.8 Å². The highest BCUT2D eigenvalue weighted by Gasteiger charge is 2.15. The summed E-state index contributed by atoms with van der Waals surface area (Å²) in [6, 6.07) is 26.5. The molecule has 1 heterocycles. The van der Waals surface area contributed by atoms with Crippen molar-refractivity contribution in [2.45, 2.75) is 46.6 Å². The fourth-order valence-corrected chi connectivity index (χ4v) is 4.98. The minimum atomic E-state index is 0.496. The van der Waals surface area contributed by atoms with Crippen molar-refractivity contribution in [2.24, 2.45) is 0 Å². The first-order valence-electron chi connectivity index (χ1n) is 13.8. The molecular formula is C35H36O4. The Labute approximate surface area is 230 Å². The quantitative estimate of drug-likeness (QED) is 0.154. The molecule has 0 saturated carbocycles. The highest BCUT2D eigenvalue weighted by molar-refractivity contribution is 6.07. The number of para-hydroxylation sites is 1. The first-order valence-corrected chi connectivity index (χ1v) is 13.8. The Balaban J connectivity index is 1.25. The third-order valence-electron chi connectivity index (χ3n) is 7.01. The van der Waals surface area contributed by atoms with Gasteiger partial charge in [0.05, 0.1) is 13.2 Å². The van der Waals surface area contributed by atoms with Gasteiger partial charge in [-0.2, -0.15) is 0 Å². The number of rotatable bonds is 12. The van der Waals surface area contributed by atoms with Crippen LogP contribution >= 0.6 is 0 Å². The Hall–Kier alpha value is -4.18. The second-order valence-electron chi connectivity index (χ2n) is 9.78. The van der Waals surface area contributed by atoms with Crippen molar-refractivity contribution in [1.82, 2.24) is 0 Å². The Bertz CT molecular complexity index is 1580. The molecule has 0 bridgehead atoms. The lowest BCUT2D eigenvalue weighted by atomic mass is 10.0. The number of allylic oxidation sites excluding steroid dienone is 1. The fourth-order valence-electron chi connectivity index (χ4n) is 4.98. The van der Waals surface area contributed by atoms with Gasteiger partial charge in [0.1, 0.15) is 35.0 Å². The van der Waals surface area contributed by atoms with E-state index in [2.05, 4.69) is 44.7 Å². The molecule has 4 aromatic carbocycles. The third kappa shape index (κ3) is 5.80. The molecule has 0 amide bonds. The number of aryl methyl sites for hydroxylation is 2. The van der Waals surface area contributed by atoms with Crippen LogP contribution in [0.2, 0.25) is 0 Å². The van der Waals surface area contributed by atoms with Crippen LogP contribution in [0.25, 0.3) is 27.5 Å². The Morgan fingerprint density at radius 1 is 0.744 bits per heavy atom. The van der Waals surface area contributed by atoms with Crippen molar-refractivity contribution in [2.75, 3.05) is 13.2 Å². The van der Waals surface area contributed by atoms with E-state index in [1.165, 1.54) is 5.56 Å². The molecule has 200 valence electrons. The van der Waals surface area contributed by atoms with Gasteiger partial charge in [0.15, 0.2) is 0 Å². The van der Waals surface area contributed by atoms with Crippen LogP contribution in [0.15, 0.2) is 89.9 Å². The lowest BCUT2D eigenvalue weighted by Gasteiger charge is -2.18. The SMILES string of the molecule is C=C(C)c1cc(CC)c(OCCCOc2ccc3oc4ccccc4c3c2CC)cc1OCc1ccccc1. The summed E-state index contributed by atoms with van der Waals surface area (Å²) < 4.78 is 24.8. The zero-order chi connectivity index (χ0) is 27.2. The summed E-state index contributed by atoms with van der Waals surface area (Å²) in [7, 11) is 0. The van der Waals surface area contributed by atoms with Gasteiger partial charge in [-0.25, -0.2) is 0 Å². The van der Waals surface area contributed by atoms with Crippen molar-refractivity contribution >= 4 is 27.5 Å². The molecule has 0 radical (unpaired) electrons. The van der Waals surface area contributed by atoms with Crippen LogP contribution < -0.4 is 14.2 Å². The first kappa shape index (κ1) is 26.4. The van der Waals surface area contributed by atoms with Gasteiger partial charge in [-0.3, -0.25) is 0 Å². The van der Waals surface area contributed by atoms with E-state index in [0.717, 1.165) is 80.7 Å². The molecule has 0 saturated heterocycles. The zero-order valence-electron chi connectivity index (χ0n) is 23.1. The van der Waals surface area contributed by atoms with Crippen LogP contribution in [-0.2, 0) is 19.4 Å². The molecule has 0 aliphatic rings. The van der Waals surface area contributed by atoms with Gasteiger partial charge in [-0.05, 0) is 60.7 Å². The minimum Gasteiger partial charge on any atom is -0.493 e. The number of fused-ring (bicyclic) bond motifs is 3. The van der Waals surface area contributed by atoms with Crippen LogP contribution in [0.3, 0.4) is 0 Å². The Morgan fingerprint density at radius 2 is 1.49 bits per heavy atom. The summed E-state index contributed by atoms with van der Waals surface area (Å²) in [6.45, 7) is 12.1. The van der Waals surface area contributed by atoms with E-state index in [9.17, 15) is 0 Å². The maximum Gasteiger partial charge on any atom is 0.135 e. The minimum absolute atomic E-state index is 0.496. The normalized spacial score (nSPS) is 11.2. The van der Waals surface area contributed by atoms with Gasteiger partial charge in [-0.1, -0.05) is 69.0 Å². The van der Waals surface area contributed by atoms with E-state index >= 15 is 0 Å². The predicted octanol–water partition coefficient (Wildman–Crippen LogP) is 9.17. The number of ether oxygens (including phenoxy) is 3. The molecule has 0 aliphatic carbocycles. The molecule has 5 rings (SSSR count). The molecule has 5 aromatic rings. The third-order valence-corrected chi connectivity index (χ3v) is 7.01. The Kier molecular flexibility index (Phi) is 8.21. The van der Waals surface area contributed by atoms with E-state index in [1.807, 2.05) is 61.5 Å². The van der Waals surface area contributed by atoms with E-state index in [-0.39, 0.29) is 0 Å². The van der Waals surface area contributed by atoms with Crippen molar-refractivity contribution in [3.63, 3.8) is 0 Å². The van der Waals surface area contributed by atoms with Crippen molar-refractivity contribution in [1.29, 1.82) is 0 Å². The van der Waals surface area contributed by atoms with Crippen LogP contribution in [0.1, 0.15) is 49.4 Å². The van der Waals surface area contributed by atoms with E-state index in [1.54, 1.807) is 0 Å². The van der Waals surface area contributed by atoms with E-state index in [4.69, 9.17) is 18.6 Å². The molecule has 0 fully saturated rings. The second kappa shape index (κ2) is 12.1. The Morgan fingerprint density at radius 3 is 2.23 bits per heavy atom. The molecule has 4 nitrogen and oxygen atoms in total. The summed E-state index contributed by atoms with van der Waals surface area (Å²) in [5, 5.41) is 2.28. The van der Waals surface area contributed by atoms with Gasteiger partial charge in [0.2, 0.25) is 0 Å². The average molecular weight is 521 g/mol. The molecule has 4 heteroatoms. The molecule has 1 aromatic heterocycles. The summed E-state index contributed by atoms with van der Waals surface area (Å²) >= 11 is 0. The lowest BCUT2D eigenvalue weighted by molar-refractivity contribution is 0.243. The van der Waals surface area contributed by atoms with Crippen LogP contribution in [0, 0.1) is 0 Å². The molecule has 0 atom stereocenters. The highest BCUT2D eigenvalue weighted by Crippen LogP contribution is 2.37. The van der Waals surface area contributed by atoms with Gasteiger partial charge < -0.3 is 18.6 Å². The predicted molar refractivity (Wildman–Crippen MR) is 160 cm³/mol. The van der Waals surface area contributed by atoms with Gasteiger partial charge in [0, 0.05) is 34.4 Å². The smallest absolute Gasteiger partial charge is 0.135 e. The van der Waals surface area contributed by atoms with Gasteiger partial charge in [0.25, 0.3) is 0 Å². The average Bonchev–Trinajstić information content (AvgIpc) is 3.35. The van der Waals surface area contributed by atoms with E-state index < -0.39 is 0 Å². The summed E-state index contributed by atoms with van der Waals surface area (Å²) in [4.78, 5) is 0. The fraction of sp³-hybridized carbons (Fsp3) is 0.257. The number of hydrogen-bond donors (Lipinski definition) is 0. The van der Waals surface area contributed by atoms with E-state index in [0.29, 0.717) is 19.8 Å². The number of benzene rings is 4. The molecule has 0 aliphatic heterocycles.